The molecule has 0 aromatic heterocycles. The van der Waals surface area contributed by atoms with Crippen LogP contribution >= 0.6 is 0 Å². The van der Waals surface area contributed by atoms with Crippen molar-refractivity contribution in [1.82, 2.24) is 0 Å². The molecule has 1 aromatic carbocycles. The number of rotatable bonds is 4. The van der Waals surface area contributed by atoms with Gasteiger partial charge >= 0.3 is 5.97 Å². The molecule has 0 bridgehead atoms. The van der Waals surface area contributed by atoms with Gasteiger partial charge in [-0.1, -0.05) is 44.5 Å². The van der Waals surface area contributed by atoms with Gasteiger partial charge in [0.25, 0.3) is 0 Å². The van der Waals surface area contributed by atoms with Crippen molar-refractivity contribution in [3.8, 4) is 0 Å². The molecule has 4 nitrogen and oxygen atoms in total. The van der Waals surface area contributed by atoms with Crippen LogP contribution in [0.3, 0.4) is 0 Å². The number of carbonyl (C=O) groups excluding carboxylic acids is 2. The van der Waals surface area contributed by atoms with Gasteiger partial charge in [-0.05, 0) is 48.8 Å². The number of ketones is 1. The Labute approximate surface area is 154 Å². The van der Waals surface area contributed by atoms with Crippen molar-refractivity contribution in [1.29, 1.82) is 0 Å². The van der Waals surface area contributed by atoms with Gasteiger partial charge in [-0.15, -0.1) is 0 Å². The number of benzene rings is 1. The average Bonchev–Trinajstić information content (AvgIpc) is 3.28. The fourth-order valence-electron chi connectivity index (χ4n) is 4.92. The summed E-state index contributed by atoms with van der Waals surface area (Å²) in [5.41, 5.74) is 1.34. The molecule has 3 aliphatic rings. The van der Waals surface area contributed by atoms with Gasteiger partial charge in [0.2, 0.25) is 0 Å². The quantitative estimate of drug-likeness (QED) is 0.607. The lowest BCUT2D eigenvalue weighted by Gasteiger charge is -2.35. The van der Waals surface area contributed by atoms with Gasteiger partial charge in [-0.25, -0.2) is 4.79 Å². The van der Waals surface area contributed by atoms with E-state index in [0.29, 0.717) is 11.5 Å². The summed E-state index contributed by atoms with van der Waals surface area (Å²) >= 11 is 0. The van der Waals surface area contributed by atoms with Gasteiger partial charge < -0.3 is 9.47 Å². The molecular weight excluding hydrogens is 328 g/mol. The first-order valence-electron chi connectivity index (χ1n) is 9.52. The van der Waals surface area contributed by atoms with Crippen LogP contribution in [0.15, 0.2) is 42.0 Å². The summed E-state index contributed by atoms with van der Waals surface area (Å²) in [6.07, 6.45) is 4.34. The van der Waals surface area contributed by atoms with E-state index in [1.807, 2.05) is 24.3 Å². The fraction of sp³-hybridized carbons (Fsp3) is 0.545. The van der Waals surface area contributed by atoms with Crippen LogP contribution in [0, 0.1) is 17.3 Å². The first-order chi connectivity index (χ1) is 12.4. The highest BCUT2D eigenvalue weighted by molar-refractivity contribution is 5.96. The molecule has 1 saturated carbocycles. The second-order valence-corrected chi connectivity index (χ2v) is 8.48. The first-order valence-corrected chi connectivity index (χ1v) is 9.52. The van der Waals surface area contributed by atoms with Crippen molar-refractivity contribution < 1.29 is 19.1 Å². The van der Waals surface area contributed by atoms with Crippen LogP contribution in [-0.2, 0) is 14.3 Å². The highest BCUT2D eigenvalue weighted by Gasteiger charge is 2.63. The Hall–Kier alpha value is -1.94. The minimum atomic E-state index is -0.403. The lowest BCUT2D eigenvalue weighted by Crippen LogP contribution is -2.30. The van der Waals surface area contributed by atoms with Gasteiger partial charge in [0.15, 0.2) is 5.78 Å². The third-order valence-corrected chi connectivity index (χ3v) is 6.57. The van der Waals surface area contributed by atoms with Crippen LogP contribution in [0.2, 0.25) is 0 Å². The molecule has 0 spiro atoms. The maximum Gasteiger partial charge on any atom is 0.338 e. The Balaban J connectivity index is 1.46. The molecule has 1 saturated heterocycles. The Kier molecular flexibility index (Phi) is 4.07. The third kappa shape index (κ3) is 2.71. The molecule has 0 N–H and O–H groups in total. The Morgan fingerprint density at radius 3 is 2.69 bits per heavy atom. The van der Waals surface area contributed by atoms with E-state index in [2.05, 4.69) is 20.8 Å². The molecule has 0 radical (unpaired) electrons. The molecule has 2 fully saturated rings. The van der Waals surface area contributed by atoms with Crippen molar-refractivity contribution in [3.63, 3.8) is 0 Å². The maximum atomic E-state index is 12.6. The van der Waals surface area contributed by atoms with Gasteiger partial charge in [0.05, 0.1) is 11.7 Å². The zero-order valence-corrected chi connectivity index (χ0v) is 15.7. The summed E-state index contributed by atoms with van der Waals surface area (Å²) in [6.45, 7) is 6.81. The normalized spacial score (nSPS) is 35.4. The molecule has 2 aliphatic carbocycles. The zero-order chi connectivity index (χ0) is 18.5. The van der Waals surface area contributed by atoms with E-state index in [9.17, 15) is 9.59 Å². The van der Waals surface area contributed by atoms with Crippen LogP contribution in [-0.4, -0.2) is 30.1 Å². The number of hydrogen-bond acceptors (Lipinski definition) is 4. The molecule has 1 aromatic rings. The number of hydrogen-bond donors (Lipinski definition) is 0. The van der Waals surface area contributed by atoms with Gasteiger partial charge in [-0.3, -0.25) is 4.79 Å². The second-order valence-electron chi connectivity index (χ2n) is 8.48. The van der Waals surface area contributed by atoms with E-state index in [-0.39, 0.29) is 35.8 Å². The third-order valence-electron chi connectivity index (χ3n) is 6.57. The fourth-order valence-corrected chi connectivity index (χ4v) is 4.92. The summed E-state index contributed by atoms with van der Waals surface area (Å²) in [4.78, 5) is 24.8. The molecule has 138 valence electrons. The summed E-state index contributed by atoms with van der Waals surface area (Å²) in [5.74, 6) is 0.294. The van der Waals surface area contributed by atoms with E-state index in [1.165, 1.54) is 5.57 Å². The summed E-state index contributed by atoms with van der Waals surface area (Å²) in [6, 6.07) is 9.02. The molecule has 1 aliphatic heterocycles. The van der Waals surface area contributed by atoms with E-state index in [4.69, 9.17) is 9.47 Å². The van der Waals surface area contributed by atoms with E-state index in [1.54, 1.807) is 12.1 Å². The standard InChI is InChI=1S/C22H26O4/c1-14(2)16-11-18(23)17-12-19-22(26-19,10-9-21(16,17)3)13-25-20(24)15-7-5-4-6-8-15/h4-8,11,14,17,19H,9-10,12-13H2,1-3H3/t17-,19+,21-,22+/m1/s1. The Bertz CT molecular complexity index is 766. The maximum absolute atomic E-state index is 12.6. The number of epoxide rings is 1. The minimum absolute atomic E-state index is 0.000833. The second kappa shape index (κ2) is 6.05. The molecule has 0 unspecified atom stereocenters. The van der Waals surface area contributed by atoms with Crippen LogP contribution in [0.25, 0.3) is 0 Å². The van der Waals surface area contributed by atoms with Crippen LogP contribution in [0.5, 0.6) is 0 Å². The smallest absolute Gasteiger partial charge is 0.338 e. The largest absolute Gasteiger partial charge is 0.459 e. The number of fused-ring (bicyclic) bond motifs is 2. The van der Waals surface area contributed by atoms with E-state index in [0.717, 1.165) is 19.3 Å². The topological polar surface area (TPSA) is 55.9 Å². The number of ether oxygens (including phenoxy) is 2. The monoisotopic (exact) mass is 354 g/mol. The number of allylic oxidation sites excluding steroid dienone is 2. The lowest BCUT2D eigenvalue weighted by molar-refractivity contribution is -0.120. The molecular formula is C22H26O4. The highest BCUT2D eigenvalue weighted by atomic mass is 16.6. The number of esters is 1. The predicted molar refractivity (Wildman–Crippen MR) is 97.7 cm³/mol. The zero-order valence-electron chi connectivity index (χ0n) is 15.7. The first kappa shape index (κ1) is 17.5. The Morgan fingerprint density at radius 1 is 1.27 bits per heavy atom. The molecule has 26 heavy (non-hydrogen) atoms. The van der Waals surface area contributed by atoms with E-state index >= 15 is 0 Å². The van der Waals surface area contributed by atoms with Crippen LogP contribution < -0.4 is 0 Å². The SMILES string of the molecule is CC(C)C1=CC(=O)[C@H]2C[C@@H]3O[C@]3(COC(=O)c3ccccc3)CC[C@]12C. The molecule has 4 heteroatoms. The van der Waals surface area contributed by atoms with Crippen LogP contribution in [0.4, 0.5) is 0 Å². The summed E-state index contributed by atoms with van der Waals surface area (Å²) in [7, 11) is 0. The van der Waals surface area contributed by atoms with Crippen molar-refractivity contribution in [2.45, 2.75) is 51.7 Å². The molecule has 4 rings (SSSR count). The predicted octanol–water partition coefficient (Wildman–Crippen LogP) is 3.95. The minimum Gasteiger partial charge on any atom is -0.459 e. The van der Waals surface area contributed by atoms with Crippen molar-refractivity contribution in [2.75, 3.05) is 6.61 Å². The van der Waals surface area contributed by atoms with Crippen molar-refractivity contribution >= 4 is 11.8 Å². The highest BCUT2D eigenvalue weighted by Crippen LogP contribution is 2.59. The molecule has 0 amide bonds. The number of carbonyl (C=O) groups is 2. The molecule has 4 atom stereocenters. The van der Waals surface area contributed by atoms with Gasteiger partial charge in [0, 0.05) is 5.92 Å². The van der Waals surface area contributed by atoms with Crippen molar-refractivity contribution in [3.05, 3.63) is 47.5 Å². The van der Waals surface area contributed by atoms with E-state index < -0.39 is 5.60 Å². The van der Waals surface area contributed by atoms with Gasteiger partial charge in [0.1, 0.15) is 12.2 Å². The Morgan fingerprint density at radius 2 is 2.00 bits per heavy atom. The van der Waals surface area contributed by atoms with Crippen molar-refractivity contribution in [2.24, 2.45) is 17.3 Å². The lowest BCUT2D eigenvalue weighted by atomic mass is 9.69. The molecule has 1 heterocycles. The summed E-state index contributed by atoms with van der Waals surface area (Å²) in [5, 5.41) is 0. The average molecular weight is 354 g/mol. The van der Waals surface area contributed by atoms with Gasteiger partial charge in [-0.2, -0.15) is 0 Å². The summed E-state index contributed by atoms with van der Waals surface area (Å²) < 4.78 is 11.5. The van der Waals surface area contributed by atoms with Crippen LogP contribution in [0.1, 0.15) is 50.4 Å².